The normalized spacial score (nSPS) is 18.4. The third kappa shape index (κ3) is 7.49. The first-order valence-electron chi connectivity index (χ1n) is 12.3. The number of carbonyl (C=O) groups is 2. The molecule has 0 bridgehead atoms. The van der Waals surface area contributed by atoms with E-state index in [-0.39, 0.29) is 5.91 Å². The van der Waals surface area contributed by atoms with Crippen molar-refractivity contribution in [3.63, 3.8) is 0 Å². The van der Waals surface area contributed by atoms with Crippen LogP contribution in [0.15, 0.2) is 24.3 Å². The SMILES string of the molecule is CC(C)(C)OC(=O)N1CCSC[C@H]1C(=O)N1CCN(c2nc(Cl)cc(NCc3ccc(Cl)cc3Cl)n2)CC1. The molecule has 2 aromatic rings. The molecule has 2 saturated heterocycles. The van der Waals surface area contributed by atoms with Crippen molar-refractivity contribution in [2.75, 3.05) is 54.4 Å². The molecule has 4 rings (SSSR count). The van der Waals surface area contributed by atoms with Gasteiger partial charge in [0, 0.05) is 66.9 Å². The van der Waals surface area contributed by atoms with E-state index in [2.05, 4.69) is 15.3 Å². The van der Waals surface area contributed by atoms with Crippen molar-refractivity contribution >= 4 is 70.3 Å². The second-order valence-electron chi connectivity index (χ2n) is 10.0. The number of nitrogens with zero attached hydrogens (tertiary/aromatic N) is 5. The molecule has 1 atom stereocenters. The van der Waals surface area contributed by atoms with E-state index in [9.17, 15) is 9.59 Å². The quantitative estimate of drug-likeness (QED) is 0.476. The predicted octanol–water partition coefficient (Wildman–Crippen LogP) is 5.05. The maximum absolute atomic E-state index is 13.4. The fraction of sp³-hybridized carbons (Fsp3) is 0.520. The van der Waals surface area contributed by atoms with E-state index in [1.165, 1.54) is 0 Å². The summed E-state index contributed by atoms with van der Waals surface area (Å²) < 4.78 is 5.55. The average Bonchev–Trinajstić information content (AvgIpc) is 2.86. The zero-order valence-corrected chi connectivity index (χ0v) is 24.6. The number of amides is 2. The number of carbonyl (C=O) groups excluding carboxylic acids is 2. The Kier molecular flexibility index (Phi) is 9.39. The van der Waals surface area contributed by atoms with Crippen LogP contribution in [0.5, 0.6) is 0 Å². The summed E-state index contributed by atoms with van der Waals surface area (Å²) in [5.74, 6) is 2.33. The lowest BCUT2D eigenvalue weighted by Crippen LogP contribution is -2.59. The van der Waals surface area contributed by atoms with E-state index in [0.29, 0.717) is 72.0 Å². The highest BCUT2D eigenvalue weighted by Crippen LogP contribution is 2.25. The lowest BCUT2D eigenvalue weighted by Gasteiger charge is -2.40. The first-order valence-corrected chi connectivity index (χ1v) is 14.6. The summed E-state index contributed by atoms with van der Waals surface area (Å²) in [5, 5.41) is 4.68. The molecule has 0 radical (unpaired) electrons. The largest absolute Gasteiger partial charge is 0.444 e. The molecule has 2 aliphatic heterocycles. The van der Waals surface area contributed by atoms with Gasteiger partial charge in [0.25, 0.3) is 0 Å². The number of halogens is 3. The van der Waals surface area contributed by atoms with Crippen LogP contribution < -0.4 is 10.2 Å². The first kappa shape index (κ1) is 28.9. The van der Waals surface area contributed by atoms with Gasteiger partial charge < -0.3 is 19.9 Å². The van der Waals surface area contributed by atoms with Gasteiger partial charge in [0.05, 0.1) is 0 Å². The Labute approximate surface area is 242 Å². The summed E-state index contributed by atoms with van der Waals surface area (Å²) in [4.78, 5) is 40.6. The van der Waals surface area contributed by atoms with Crippen molar-refractivity contribution in [1.29, 1.82) is 0 Å². The monoisotopic (exact) mass is 600 g/mol. The second-order valence-corrected chi connectivity index (χ2v) is 12.4. The van der Waals surface area contributed by atoms with E-state index in [1.54, 1.807) is 39.8 Å². The topological polar surface area (TPSA) is 90.9 Å². The van der Waals surface area contributed by atoms with Gasteiger partial charge in [-0.3, -0.25) is 9.69 Å². The van der Waals surface area contributed by atoms with E-state index in [1.807, 2.05) is 31.7 Å². The fourth-order valence-electron chi connectivity index (χ4n) is 4.17. The Morgan fingerprint density at radius 3 is 2.50 bits per heavy atom. The van der Waals surface area contributed by atoms with Crippen LogP contribution in [-0.4, -0.2) is 87.6 Å². The lowest BCUT2D eigenvalue weighted by molar-refractivity contribution is -0.136. The van der Waals surface area contributed by atoms with Crippen LogP contribution in [0.25, 0.3) is 0 Å². The highest BCUT2D eigenvalue weighted by atomic mass is 35.5. The number of rotatable bonds is 5. The number of hydrogen-bond acceptors (Lipinski definition) is 8. The molecule has 9 nitrogen and oxygen atoms in total. The number of thioether (sulfide) groups is 1. The summed E-state index contributed by atoms with van der Waals surface area (Å²) in [6, 6.07) is 6.45. The molecule has 38 heavy (non-hydrogen) atoms. The van der Waals surface area contributed by atoms with E-state index in [4.69, 9.17) is 39.5 Å². The molecule has 206 valence electrons. The van der Waals surface area contributed by atoms with Crippen molar-refractivity contribution < 1.29 is 14.3 Å². The zero-order chi connectivity index (χ0) is 27.4. The van der Waals surface area contributed by atoms with Crippen molar-refractivity contribution in [3.8, 4) is 0 Å². The standard InChI is InChI=1S/C25H31Cl3N6O3S/c1-25(2,3)37-24(36)34-10-11-38-15-19(34)22(35)32-6-8-33(9-7-32)23-30-20(28)13-21(31-23)29-14-16-4-5-17(26)12-18(16)27/h4-5,12-13,19H,6-11,14-15H2,1-3H3,(H,29,30,31)/t19-/m0/s1. The second kappa shape index (κ2) is 12.4. The van der Waals surface area contributed by atoms with Gasteiger partial charge in [0.1, 0.15) is 22.6 Å². The fourth-order valence-corrected chi connectivity index (χ4v) is 5.87. The molecule has 1 N–H and O–H groups in total. The third-order valence-corrected chi connectivity index (χ3v) is 7.88. The van der Waals surface area contributed by atoms with Crippen LogP contribution in [0.4, 0.5) is 16.6 Å². The molecule has 0 saturated carbocycles. The minimum absolute atomic E-state index is 0.0584. The maximum atomic E-state index is 13.4. The molecular formula is C25H31Cl3N6O3S. The molecule has 1 aromatic heterocycles. The van der Waals surface area contributed by atoms with Gasteiger partial charge in [0.15, 0.2) is 0 Å². The highest BCUT2D eigenvalue weighted by molar-refractivity contribution is 7.99. The van der Waals surface area contributed by atoms with Crippen LogP contribution >= 0.6 is 46.6 Å². The minimum Gasteiger partial charge on any atom is -0.444 e. The maximum Gasteiger partial charge on any atom is 0.411 e. The van der Waals surface area contributed by atoms with Gasteiger partial charge in [-0.15, -0.1) is 0 Å². The van der Waals surface area contributed by atoms with Crippen molar-refractivity contribution in [2.24, 2.45) is 0 Å². The summed E-state index contributed by atoms with van der Waals surface area (Å²) in [6.45, 7) is 8.47. The van der Waals surface area contributed by atoms with Crippen LogP contribution in [0.3, 0.4) is 0 Å². The molecule has 2 amide bonds. The molecule has 1 aromatic carbocycles. The van der Waals surface area contributed by atoms with Gasteiger partial charge in [-0.05, 0) is 38.5 Å². The van der Waals surface area contributed by atoms with E-state index < -0.39 is 17.7 Å². The number of nitrogens with one attached hydrogen (secondary N) is 1. The molecule has 2 fully saturated rings. The zero-order valence-electron chi connectivity index (χ0n) is 21.5. The Bertz CT molecular complexity index is 1170. The number of anilines is 2. The van der Waals surface area contributed by atoms with Crippen LogP contribution in [0.2, 0.25) is 15.2 Å². The molecular weight excluding hydrogens is 571 g/mol. The summed E-state index contributed by atoms with van der Waals surface area (Å²) >= 11 is 20.2. The third-order valence-electron chi connectivity index (χ3n) is 6.07. The molecule has 3 heterocycles. The number of piperazine rings is 1. The molecule has 0 unspecified atom stereocenters. The summed E-state index contributed by atoms with van der Waals surface area (Å²) in [5.41, 5.74) is 0.257. The highest BCUT2D eigenvalue weighted by Gasteiger charge is 2.38. The van der Waals surface area contributed by atoms with Crippen LogP contribution in [0, 0.1) is 0 Å². The van der Waals surface area contributed by atoms with Crippen molar-refractivity contribution in [2.45, 2.75) is 39.0 Å². The number of benzene rings is 1. The van der Waals surface area contributed by atoms with Gasteiger partial charge in [0.2, 0.25) is 11.9 Å². The molecule has 13 heteroatoms. The van der Waals surface area contributed by atoms with Crippen molar-refractivity contribution in [1.82, 2.24) is 19.8 Å². The summed E-state index contributed by atoms with van der Waals surface area (Å²) in [6.07, 6.45) is -0.443. The smallest absolute Gasteiger partial charge is 0.411 e. The van der Waals surface area contributed by atoms with Crippen molar-refractivity contribution in [3.05, 3.63) is 45.0 Å². The Balaban J connectivity index is 1.37. The average molecular weight is 602 g/mol. The number of aromatic nitrogens is 2. The Hall–Kier alpha value is -2.14. The Morgan fingerprint density at radius 1 is 1.08 bits per heavy atom. The minimum atomic E-state index is -0.618. The number of ether oxygens (including phenoxy) is 1. The molecule has 0 spiro atoms. The van der Waals surface area contributed by atoms with Crippen LogP contribution in [0.1, 0.15) is 26.3 Å². The van der Waals surface area contributed by atoms with Gasteiger partial charge >= 0.3 is 6.09 Å². The van der Waals surface area contributed by atoms with Gasteiger partial charge in [-0.2, -0.15) is 16.7 Å². The van der Waals surface area contributed by atoms with E-state index in [0.717, 1.165) is 11.3 Å². The van der Waals surface area contributed by atoms with Gasteiger partial charge in [-0.1, -0.05) is 40.9 Å². The molecule has 0 aliphatic carbocycles. The van der Waals surface area contributed by atoms with Crippen LogP contribution in [-0.2, 0) is 16.1 Å². The lowest BCUT2D eigenvalue weighted by atomic mass is 10.2. The first-order chi connectivity index (χ1) is 18.0. The summed E-state index contributed by atoms with van der Waals surface area (Å²) in [7, 11) is 0. The number of hydrogen-bond donors (Lipinski definition) is 1. The predicted molar refractivity (Wildman–Crippen MR) is 154 cm³/mol. The Morgan fingerprint density at radius 2 is 1.82 bits per heavy atom. The van der Waals surface area contributed by atoms with Gasteiger partial charge in [-0.25, -0.2) is 9.78 Å². The van der Waals surface area contributed by atoms with E-state index >= 15 is 0 Å². The molecule has 2 aliphatic rings.